The van der Waals surface area contributed by atoms with Crippen LogP contribution in [-0.2, 0) is 10.0 Å². The lowest BCUT2D eigenvalue weighted by Crippen LogP contribution is -2.18. The maximum Gasteiger partial charge on any atom is 0.271 e. The Morgan fingerprint density at radius 2 is 1.76 bits per heavy atom. The van der Waals surface area contributed by atoms with E-state index in [2.05, 4.69) is 19.8 Å². The molecule has 2 aromatic carbocycles. The molecule has 1 amide bonds. The van der Waals surface area contributed by atoms with Crippen molar-refractivity contribution in [3.8, 4) is 5.69 Å². The Balaban J connectivity index is 1.41. The smallest absolute Gasteiger partial charge is 0.271 e. The van der Waals surface area contributed by atoms with Crippen LogP contribution in [0.3, 0.4) is 0 Å². The molecule has 0 aliphatic carbocycles. The number of carbonyl (C=O) groups excluding carboxylic acids is 1. The van der Waals surface area contributed by atoms with Gasteiger partial charge in [-0.05, 0) is 79.9 Å². The molecule has 2 heterocycles. The summed E-state index contributed by atoms with van der Waals surface area (Å²) in [4.78, 5) is 12.4. The number of hydrazone groups is 1. The molecular weight excluding hydrogens is 492 g/mol. The molecule has 10 heteroatoms. The summed E-state index contributed by atoms with van der Waals surface area (Å²) >= 11 is 7.12. The number of amides is 1. The number of hydrogen-bond acceptors (Lipinski definition) is 5. The quantitative estimate of drug-likeness (QED) is 0.257. The molecule has 0 unspecified atom stereocenters. The summed E-state index contributed by atoms with van der Waals surface area (Å²) in [5, 5.41) is 6.45. The minimum atomic E-state index is -3.64. The molecule has 0 aliphatic rings. The summed E-state index contributed by atoms with van der Waals surface area (Å²) in [5.41, 5.74) is 7.07. The zero-order valence-corrected chi connectivity index (χ0v) is 20.7. The molecule has 0 radical (unpaired) electrons. The van der Waals surface area contributed by atoms with Crippen molar-refractivity contribution in [3.63, 3.8) is 0 Å². The monoisotopic (exact) mass is 512 g/mol. The average Bonchev–Trinajstić information content (AvgIpc) is 3.44. The van der Waals surface area contributed by atoms with Crippen LogP contribution in [0, 0.1) is 13.8 Å². The summed E-state index contributed by atoms with van der Waals surface area (Å²) in [6.45, 7) is 3.96. The van der Waals surface area contributed by atoms with Crippen molar-refractivity contribution < 1.29 is 13.2 Å². The molecule has 0 saturated heterocycles. The Bertz CT molecular complexity index is 1440. The second kappa shape index (κ2) is 9.84. The van der Waals surface area contributed by atoms with E-state index < -0.39 is 15.9 Å². The highest BCUT2D eigenvalue weighted by Gasteiger charge is 2.15. The highest BCUT2D eigenvalue weighted by molar-refractivity contribution is 7.94. The van der Waals surface area contributed by atoms with Gasteiger partial charge in [-0.15, -0.1) is 11.3 Å². The van der Waals surface area contributed by atoms with Gasteiger partial charge in [-0.2, -0.15) is 5.10 Å². The third kappa shape index (κ3) is 5.22. The van der Waals surface area contributed by atoms with Crippen LogP contribution in [0.1, 0.15) is 27.3 Å². The standard InChI is InChI=1S/C24H21ClN4O3S2/c1-16-14-19(17(2)29(16)22-11-7-20(25)8-12-22)15-26-27-24(30)18-5-9-21(10-6-18)28-34(31,32)23-4-3-13-33-23/h3-15,28H,1-2H3,(H,27,30)/b26-15-. The fourth-order valence-corrected chi connectivity index (χ4v) is 5.62. The minimum Gasteiger partial charge on any atom is -0.318 e. The van der Waals surface area contributed by atoms with Gasteiger partial charge < -0.3 is 4.57 Å². The van der Waals surface area contributed by atoms with E-state index in [0.29, 0.717) is 16.3 Å². The largest absolute Gasteiger partial charge is 0.318 e. The van der Waals surface area contributed by atoms with Crippen LogP contribution in [0.15, 0.2) is 81.4 Å². The molecule has 0 aliphatic heterocycles. The van der Waals surface area contributed by atoms with Gasteiger partial charge in [0.05, 0.1) is 6.21 Å². The first-order valence-electron chi connectivity index (χ1n) is 10.2. The fraction of sp³-hybridized carbons (Fsp3) is 0.0833. The van der Waals surface area contributed by atoms with E-state index >= 15 is 0 Å². The van der Waals surface area contributed by atoms with E-state index in [-0.39, 0.29) is 4.21 Å². The van der Waals surface area contributed by atoms with Gasteiger partial charge in [0.25, 0.3) is 15.9 Å². The lowest BCUT2D eigenvalue weighted by Gasteiger charge is -2.09. The molecular formula is C24H21ClN4O3S2. The molecule has 0 bridgehead atoms. The van der Waals surface area contributed by atoms with Crippen LogP contribution in [0.2, 0.25) is 5.02 Å². The van der Waals surface area contributed by atoms with E-state index in [1.54, 1.807) is 17.7 Å². The summed E-state index contributed by atoms with van der Waals surface area (Å²) in [7, 11) is -3.64. The van der Waals surface area contributed by atoms with Crippen molar-refractivity contribution in [1.82, 2.24) is 9.99 Å². The predicted molar refractivity (Wildman–Crippen MR) is 137 cm³/mol. The number of rotatable bonds is 7. The highest BCUT2D eigenvalue weighted by Crippen LogP contribution is 2.22. The van der Waals surface area contributed by atoms with Crippen molar-refractivity contribution in [2.75, 3.05) is 4.72 Å². The maximum absolute atomic E-state index is 12.4. The molecule has 0 atom stereocenters. The summed E-state index contributed by atoms with van der Waals surface area (Å²) < 4.78 is 29.4. The van der Waals surface area contributed by atoms with Gasteiger partial charge in [0.2, 0.25) is 0 Å². The molecule has 4 aromatic rings. The number of anilines is 1. The van der Waals surface area contributed by atoms with E-state index in [0.717, 1.165) is 34.0 Å². The number of hydrogen-bond donors (Lipinski definition) is 2. The van der Waals surface area contributed by atoms with Crippen LogP contribution in [0.25, 0.3) is 5.69 Å². The number of nitrogens with one attached hydrogen (secondary N) is 2. The first kappa shape index (κ1) is 23.7. The molecule has 7 nitrogen and oxygen atoms in total. The van der Waals surface area contributed by atoms with Gasteiger partial charge in [-0.1, -0.05) is 17.7 Å². The van der Waals surface area contributed by atoms with Crippen LogP contribution in [-0.4, -0.2) is 25.1 Å². The molecule has 34 heavy (non-hydrogen) atoms. The average molecular weight is 513 g/mol. The van der Waals surface area contributed by atoms with Crippen molar-refractivity contribution in [2.45, 2.75) is 18.1 Å². The van der Waals surface area contributed by atoms with E-state index in [1.165, 1.54) is 30.3 Å². The van der Waals surface area contributed by atoms with E-state index in [4.69, 9.17) is 11.6 Å². The second-order valence-corrected chi connectivity index (χ2v) is 10.7. The van der Waals surface area contributed by atoms with Gasteiger partial charge in [0, 0.05) is 38.9 Å². The number of carbonyl (C=O) groups is 1. The van der Waals surface area contributed by atoms with Gasteiger partial charge >= 0.3 is 0 Å². The number of thiophene rings is 1. The lowest BCUT2D eigenvalue weighted by atomic mass is 10.2. The van der Waals surface area contributed by atoms with Crippen LogP contribution in [0.5, 0.6) is 0 Å². The van der Waals surface area contributed by atoms with Crippen molar-refractivity contribution in [2.24, 2.45) is 5.10 Å². The minimum absolute atomic E-state index is 0.221. The van der Waals surface area contributed by atoms with Crippen LogP contribution >= 0.6 is 22.9 Å². The maximum atomic E-state index is 12.4. The van der Waals surface area contributed by atoms with E-state index in [1.807, 2.05) is 44.2 Å². The molecule has 2 aromatic heterocycles. The Kier molecular flexibility index (Phi) is 6.87. The topological polar surface area (TPSA) is 92.6 Å². The van der Waals surface area contributed by atoms with Gasteiger partial charge in [-0.3, -0.25) is 9.52 Å². The number of aromatic nitrogens is 1. The van der Waals surface area contributed by atoms with Crippen molar-refractivity contribution in [3.05, 3.63) is 99.6 Å². The van der Waals surface area contributed by atoms with Crippen molar-refractivity contribution in [1.29, 1.82) is 0 Å². The molecule has 0 fully saturated rings. The van der Waals surface area contributed by atoms with Crippen LogP contribution < -0.4 is 10.1 Å². The normalized spacial score (nSPS) is 11.6. The van der Waals surface area contributed by atoms with E-state index in [9.17, 15) is 13.2 Å². The predicted octanol–water partition coefficient (Wildman–Crippen LogP) is 5.37. The number of benzene rings is 2. The fourth-order valence-electron chi connectivity index (χ4n) is 3.44. The Labute approximate surface area is 206 Å². The van der Waals surface area contributed by atoms with Crippen LogP contribution in [0.4, 0.5) is 5.69 Å². The SMILES string of the molecule is Cc1cc(/C=N\NC(=O)c2ccc(NS(=O)(=O)c3cccs3)cc2)c(C)n1-c1ccc(Cl)cc1. The third-order valence-corrected chi connectivity index (χ3v) is 8.11. The summed E-state index contributed by atoms with van der Waals surface area (Å²) in [6, 6.07) is 18.9. The lowest BCUT2D eigenvalue weighted by molar-refractivity contribution is 0.0955. The number of aryl methyl sites for hydroxylation is 1. The number of halogens is 1. The molecule has 2 N–H and O–H groups in total. The first-order chi connectivity index (χ1) is 16.2. The second-order valence-electron chi connectivity index (χ2n) is 7.45. The van der Waals surface area contributed by atoms with Gasteiger partial charge in [0.1, 0.15) is 4.21 Å². The Morgan fingerprint density at radius 3 is 2.41 bits per heavy atom. The highest BCUT2D eigenvalue weighted by atomic mass is 35.5. The Morgan fingerprint density at radius 1 is 1.06 bits per heavy atom. The zero-order valence-electron chi connectivity index (χ0n) is 18.3. The summed E-state index contributed by atoms with van der Waals surface area (Å²) in [6.07, 6.45) is 1.59. The summed E-state index contributed by atoms with van der Waals surface area (Å²) in [5.74, 6) is -0.407. The number of nitrogens with zero attached hydrogens (tertiary/aromatic N) is 2. The molecule has 174 valence electrons. The molecule has 4 rings (SSSR count). The van der Waals surface area contributed by atoms with Crippen molar-refractivity contribution >= 4 is 50.8 Å². The van der Waals surface area contributed by atoms with Gasteiger partial charge in [-0.25, -0.2) is 13.8 Å². The Hall–Kier alpha value is -3.40. The third-order valence-electron chi connectivity index (χ3n) is 5.08. The molecule has 0 spiro atoms. The molecule has 0 saturated carbocycles. The van der Waals surface area contributed by atoms with Gasteiger partial charge in [0.15, 0.2) is 0 Å². The number of sulfonamides is 1. The first-order valence-corrected chi connectivity index (χ1v) is 12.9. The zero-order chi connectivity index (χ0) is 24.3.